The minimum absolute atomic E-state index is 0.666. The molecule has 80 valence electrons. The number of nitrogens with one attached hydrogen (secondary N) is 1. The number of rotatable bonds is 9. The van der Waals surface area contributed by atoms with Gasteiger partial charge in [0.15, 0.2) is 0 Å². The Morgan fingerprint density at radius 2 is 2.15 bits per heavy atom. The van der Waals surface area contributed by atoms with Crippen molar-refractivity contribution in [2.24, 2.45) is 0 Å². The molecule has 0 rings (SSSR count). The molecule has 1 atom stereocenters. The summed E-state index contributed by atoms with van der Waals surface area (Å²) >= 11 is 2.00. The molecule has 0 heterocycles. The van der Waals surface area contributed by atoms with Crippen molar-refractivity contribution in [3.8, 4) is 0 Å². The molecule has 1 unspecified atom stereocenters. The van der Waals surface area contributed by atoms with E-state index in [4.69, 9.17) is 4.74 Å². The molecule has 2 nitrogen and oxygen atoms in total. The Labute approximate surface area is 86.8 Å². The van der Waals surface area contributed by atoms with Crippen molar-refractivity contribution < 1.29 is 4.74 Å². The quantitative estimate of drug-likeness (QED) is 0.583. The van der Waals surface area contributed by atoms with Crippen LogP contribution in [0.4, 0.5) is 0 Å². The Hall–Kier alpha value is 0.270. The molecular formula is C10H23NOS. The molecule has 13 heavy (non-hydrogen) atoms. The van der Waals surface area contributed by atoms with E-state index < -0.39 is 0 Å². The first-order valence-electron chi connectivity index (χ1n) is 5.11. The second-order valence-electron chi connectivity index (χ2n) is 3.22. The van der Waals surface area contributed by atoms with Crippen LogP contribution >= 0.6 is 11.8 Å². The van der Waals surface area contributed by atoms with Gasteiger partial charge in [0, 0.05) is 32.1 Å². The molecule has 0 aromatic heterocycles. The Kier molecular flexibility index (Phi) is 10.6. The summed E-state index contributed by atoms with van der Waals surface area (Å²) in [6.07, 6.45) is 2.39. The van der Waals surface area contributed by atoms with Gasteiger partial charge in [-0.2, -0.15) is 11.8 Å². The third-order valence-corrected chi connectivity index (χ3v) is 3.06. The fourth-order valence-electron chi connectivity index (χ4n) is 0.929. The third-order valence-electron chi connectivity index (χ3n) is 1.99. The predicted molar refractivity (Wildman–Crippen MR) is 61.6 cm³/mol. The van der Waals surface area contributed by atoms with Gasteiger partial charge in [-0.15, -0.1) is 0 Å². The van der Waals surface area contributed by atoms with Gasteiger partial charge < -0.3 is 10.1 Å². The summed E-state index contributed by atoms with van der Waals surface area (Å²) in [6.45, 7) is 6.47. The van der Waals surface area contributed by atoms with Crippen LogP contribution in [-0.4, -0.2) is 37.8 Å². The Bertz CT molecular complexity index is 101. The van der Waals surface area contributed by atoms with Crippen LogP contribution in [0, 0.1) is 0 Å². The van der Waals surface area contributed by atoms with Gasteiger partial charge in [0.05, 0.1) is 0 Å². The zero-order valence-corrected chi connectivity index (χ0v) is 9.95. The van der Waals surface area contributed by atoms with E-state index in [2.05, 4.69) is 19.2 Å². The van der Waals surface area contributed by atoms with Crippen LogP contribution in [0.1, 0.15) is 26.7 Å². The van der Waals surface area contributed by atoms with Gasteiger partial charge in [0.1, 0.15) is 0 Å². The standard InChI is InChI=1S/C10H23NOS/c1-4-10(2)11-6-9-13-8-5-7-12-3/h10-11H,4-9H2,1-3H3. The molecule has 0 saturated carbocycles. The van der Waals surface area contributed by atoms with Gasteiger partial charge in [0.25, 0.3) is 0 Å². The lowest BCUT2D eigenvalue weighted by Crippen LogP contribution is -2.27. The van der Waals surface area contributed by atoms with E-state index in [1.165, 1.54) is 24.3 Å². The van der Waals surface area contributed by atoms with Gasteiger partial charge in [-0.05, 0) is 25.5 Å². The molecule has 3 heteroatoms. The van der Waals surface area contributed by atoms with Crippen LogP contribution in [-0.2, 0) is 4.74 Å². The molecule has 0 aromatic carbocycles. The molecule has 0 fully saturated rings. The van der Waals surface area contributed by atoms with Gasteiger partial charge in [-0.3, -0.25) is 0 Å². The summed E-state index contributed by atoms with van der Waals surface area (Å²) in [7, 11) is 1.76. The van der Waals surface area contributed by atoms with Gasteiger partial charge in [0.2, 0.25) is 0 Å². The maximum atomic E-state index is 4.98. The topological polar surface area (TPSA) is 21.3 Å². The molecule has 0 aliphatic rings. The Morgan fingerprint density at radius 3 is 2.77 bits per heavy atom. The largest absolute Gasteiger partial charge is 0.385 e. The lowest BCUT2D eigenvalue weighted by molar-refractivity contribution is 0.200. The summed E-state index contributed by atoms with van der Waals surface area (Å²) in [5, 5.41) is 3.47. The van der Waals surface area contributed by atoms with Crippen LogP contribution in [0.25, 0.3) is 0 Å². The SMILES string of the molecule is CCC(C)NCCSCCCOC. The van der Waals surface area contributed by atoms with Crippen molar-refractivity contribution in [3.63, 3.8) is 0 Å². The van der Waals surface area contributed by atoms with Crippen LogP contribution in [0.5, 0.6) is 0 Å². The van der Waals surface area contributed by atoms with Gasteiger partial charge >= 0.3 is 0 Å². The van der Waals surface area contributed by atoms with Crippen LogP contribution in [0.3, 0.4) is 0 Å². The lowest BCUT2D eigenvalue weighted by atomic mass is 10.3. The number of hydrogen-bond acceptors (Lipinski definition) is 3. The summed E-state index contributed by atoms with van der Waals surface area (Å²) in [5.74, 6) is 2.43. The maximum absolute atomic E-state index is 4.98. The average molecular weight is 205 g/mol. The Balaban J connectivity index is 2.91. The van der Waals surface area contributed by atoms with Gasteiger partial charge in [-0.1, -0.05) is 6.92 Å². The highest BCUT2D eigenvalue weighted by Gasteiger charge is 1.95. The van der Waals surface area contributed by atoms with E-state index in [0.29, 0.717) is 6.04 Å². The predicted octanol–water partition coefficient (Wildman–Crippen LogP) is 2.14. The minimum Gasteiger partial charge on any atom is -0.385 e. The summed E-state index contributed by atoms with van der Waals surface area (Å²) in [6, 6.07) is 0.666. The molecule has 0 aliphatic heterocycles. The first-order valence-corrected chi connectivity index (χ1v) is 6.26. The zero-order chi connectivity index (χ0) is 9.94. The third kappa shape index (κ3) is 10.2. The smallest absolute Gasteiger partial charge is 0.0470 e. The van der Waals surface area contributed by atoms with Crippen LogP contribution in [0.2, 0.25) is 0 Å². The summed E-state index contributed by atoms with van der Waals surface area (Å²) in [4.78, 5) is 0. The van der Waals surface area contributed by atoms with Crippen molar-refractivity contribution in [2.75, 3.05) is 31.8 Å². The normalized spacial score (nSPS) is 13.2. The average Bonchev–Trinajstić information content (AvgIpc) is 2.16. The fourth-order valence-corrected chi connectivity index (χ4v) is 1.72. The van der Waals surface area contributed by atoms with E-state index in [-0.39, 0.29) is 0 Å². The van der Waals surface area contributed by atoms with Crippen molar-refractivity contribution in [1.82, 2.24) is 5.32 Å². The van der Waals surface area contributed by atoms with Crippen LogP contribution < -0.4 is 5.32 Å². The highest BCUT2D eigenvalue weighted by molar-refractivity contribution is 7.99. The number of thioether (sulfide) groups is 1. The van der Waals surface area contributed by atoms with E-state index in [1.54, 1.807) is 7.11 Å². The number of ether oxygens (including phenoxy) is 1. The Morgan fingerprint density at radius 1 is 1.38 bits per heavy atom. The van der Waals surface area contributed by atoms with E-state index in [9.17, 15) is 0 Å². The zero-order valence-electron chi connectivity index (χ0n) is 9.14. The second-order valence-corrected chi connectivity index (χ2v) is 4.45. The highest BCUT2D eigenvalue weighted by atomic mass is 32.2. The van der Waals surface area contributed by atoms with Crippen molar-refractivity contribution in [1.29, 1.82) is 0 Å². The van der Waals surface area contributed by atoms with E-state index in [0.717, 1.165) is 13.2 Å². The lowest BCUT2D eigenvalue weighted by Gasteiger charge is -2.10. The van der Waals surface area contributed by atoms with E-state index in [1.807, 2.05) is 11.8 Å². The second kappa shape index (κ2) is 10.4. The molecule has 0 amide bonds. The molecule has 0 bridgehead atoms. The summed E-state index contributed by atoms with van der Waals surface area (Å²) in [5.41, 5.74) is 0. The summed E-state index contributed by atoms with van der Waals surface area (Å²) < 4.78 is 4.98. The van der Waals surface area contributed by atoms with Crippen molar-refractivity contribution in [2.45, 2.75) is 32.7 Å². The van der Waals surface area contributed by atoms with Crippen molar-refractivity contribution in [3.05, 3.63) is 0 Å². The monoisotopic (exact) mass is 205 g/mol. The molecule has 0 spiro atoms. The molecule has 0 aliphatic carbocycles. The molecule has 0 saturated heterocycles. The molecule has 0 radical (unpaired) electrons. The molecule has 1 N–H and O–H groups in total. The maximum Gasteiger partial charge on any atom is 0.0470 e. The molecule has 0 aromatic rings. The van der Waals surface area contributed by atoms with Crippen LogP contribution in [0.15, 0.2) is 0 Å². The molecular weight excluding hydrogens is 182 g/mol. The first kappa shape index (κ1) is 13.3. The fraction of sp³-hybridized carbons (Fsp3) is 1.00. The minimum atomic E-state index is 0.666. The first-order chi connectivity index (χ1) is 6.31. The number of methoxy groups -OCH3 is 1. The number of hydrogen-bond donors (Lipinski definition) is 1. The highest BCUT2D eigenvalue weighted by Crippen LogP contribution is 2.01. The van der Waals surface area contributed by atoms with Crippen molar-refractivity contribution >= 4 is 11.8 Å². The van der Waals surface area contributed by atoms with Gasteiger partial charge in [-0.25, -0.2) is 0 Å². The van der Waals surface area contributed by atoms with E-state index >= 15 is 0 Å².